The Labute approximate surface area is 219 Å². The summed E-state index contributed by atoms with van der Waals surface area (Å²) >= 11 is 0. The quantitative estimate of drug-likeness (QED) is 0.105. The predicted molar refractivity (Wildman–Crippen MR) is 131 cm³/mol. The van der Waals surface area contributed by atoms with Crippen molar-refractivity contribution in [1.82, 2.24) is 26.6 Å². The number of carboxylic acid groups (broad SMARTS) is 2. The van der Waals surface area contributed by atoms with E-state index < -0.39 is 90.4 Å². The highest BCUT2D eigenvalue weighted by atomic mass is 16.4. The molecule has 0 saturated carbocycles. The van der Waals surface area contributed by atoms with Gasteiger partial charge in [0.25, 0.3) is 0 Å². The molecule has 0 aromatic heterocycles. The van der Waals surface area contributed by atoms with Gasteiger partial charge in [0, 0.05) is 6.92 Å². The number of hydrogen-bond acceptors (Lipinski definition) is 8. The fraction of sp³-hybridized carbons (Fsp3) is 0.652. The Kier molecular flexibility index (Phi) is 14.2. The van der Waals surface area contributed by atoms with Crippen LogP contribution in [0.2, 0.25) is 0 Å². The van der Waals surface area contributed by atoms with Crippen LogP contribution in [-0.2, 0) is 38.4 Å². The first-order valence-electron chi connectivity index (χ1n) is 11.9. The zero-order chi connectivity index (χ0) is 29.7. The first kappa shape index (κ1) is 34.0. The van der Waals surface area contributed by atoms with Crippen LogP contribution in [0.15, 0.2) is 0 Å². The molecule has 5 atom stereocenters. The average molecular weight is 544 g/mol. The largest absolute Gasteiger partial charge is 0.481 e. The molecular weight excluding hydrogens is 506 g/mol. The van der Waals surface area contributed by atoms with Crippen LogP contribution in [0, 0.1) is 11.8 Å². The molecule has 7 N–H and O–H groups in total. The smallest absolute Gasteiger partial charge is 0.305 e. The van der Waals surface area contributed by atoms with Crippen LogP contribution in [0.5, 0.6) is 0 Å². The van der Waals surface area contributed by atoms with Crippen molar-refractivity contribution in [2.24, 2.45) is 11.8 Å². The minimum atomic E-state index is -1.59. The number of carbonyl (C=O) groups excluding carboxylic acids is 6. The summed E-state index contributed by atoms with van der Waals surface area (Å²) in [4.78, 5) is 95.3. The topological polar surface area (TPSA) is 237 Å². The van der Waals surface area contributed by atoms with E-state index in [1.54, 1.807) is 27.7 Å². The molecule has 5 amide bonds. The molecule has 0 aliphatic rings. The summed E-state index contributed by atoms with van der Waals surface area (Å²) in [6.45, 7) is 8.89. The molecular formula is C23H37N5O10. The van der Waals surface area contributed by atoms with E-state index in [2.05, 4.69) is 26.6 Å². The van der Waals surface area contributed by atoms with Crippen LogP contribution in [0.3, 0.4) is 0 Å². The van der Waals surface area contributed by atoms with E-state index in [1.807, 2.05) is 0 Å². The monoisotopic (exact) mass is 543 g/mol. The third kappa shape index (κ3) is 12.3. The van der Waals surface area contributed by atoms with E-state index in [9.17, 15) is 43.5 Å². The maximum absolute atomic E-state index is 12.9. The summed E-state index contributed by atoms with van der Waals surface area (Å²) in [5.74, 6) is -7.62. The van der Waals surface area contributed by atoms with Crippen LogP contribution in [0.1, 0.15) is 54.4 Å². The zero-order valence-electron chi connectivity index (χ0n) is 22.2. The van der Waals surface area contributed by atoms with E-state index in [-0.39, 0.29) is 12.2 Å². The fourth-order valence-electron chi connectivity index (χ4n) is 3.19. The Morgan fingerprint density at radius 1 is 0.632 bits per heavy atom. The van der Waals surface area contributed by atoms with Crippen molar-refractivity contribution in [3.05, 3.63) is 0 Å². The lowest BCUT2D eigenvalue weighted by atomic mass is 10.0. The molecule has 0 rings (SSSR count). The van der Waals surface area contributed by atoms with Gasteiger partial charge in [-0.1, -0.05) is 27.7 Å². The number of carbonyl (C=O) groups is 8. The molecule has 0 radical (unpaired) electrons. The van der Waals surface area contributed by atoms with Crippen LogP contribution in [0.4, 0.5) is 0 Å². The minimum Gasteiger partial charge on any atom is -0.481 e. The second-order valence-electron chi connectivity index (χ2n) is 9.39. The maximum atomic E-state index is 12.9. The molecule has 38 heavy (non-hydrogen) atoms. The Bertz CT molecular complexity index is 920. The van der Waals surface area contributed by atoms with Gasteiger partial charge in [0.05, 0.1) is 18.9 Å². The lowest BCUT2D eigenvalue weighted by Gasteiger charge is -2.27. The van der Waals surface area contributed by atoms with Gasteiger partial charge >= 0.3 is 11.9 Å². The lowest BCUT2D eigenvalue weighted by molar-refractivity contribution is -0.142. The number of aldehydes is 1. The molecule has 0 fully saturated rings. The number of amides is 5. The van der Waals surface area contributed by atoms with Gasteiger partial charge in [-0.25, -0.2) is 0 Å². The van der Waals surface area contributed by atoms with E-state index in [1.165, 1.54) is 13.8 Å². The van der Waals surface area contributed by atoms with Crippen LogP contribution < -0.4 is 26.6 Å². The summed E-state index contributed by atoms with van der Waals surface area (Å²) in [5, 5.41) is 29.6. The van der Waals surface area contributed by atoms with Crippen LogP contribution >= 0.6 is 0 Å². The normalized spacial score (nSPS) is 14.7. The molecule has 0 aromatic carbocycles. The summed E-state index contributed by atoms with van der Waals surface area (Å²) < 4.78 is 0. The van der Waals surface area contributed by atoms with Crippen molar-refractivity contribution in [2.45, 2.75) is 84.6 Å². The van der Waals surface area contributed by atoms with Crippen LogP contribution in [0.25, 0.3) is 0 Å². The number of carboxylic acids is 2. The Hall–Kier alpha value is -4.04. The summed E-state index contributed by atoms with van der Waals surface area (Å²) in [7, 11) is 0. The highest BCUT2D eigenvalue weighted by molar-refractivity contribution is 5.97. The molecule has 0 spiro atoms. The van der Waals surface area contributed by atoms with Gasteiger partial charge in [0.15, 0.2) is 0 Å². The van der Waals surface area contributed by atoms with E-state index in [4.69, 9.17) is 5.11 Å². The molecule has 0 saturated heterocycles. The van der Waals surface area contributed by atoms with Crippen molar-refractivity contribution in [3.8, 4) is 0 Å². The van der Waals surface area contributed by atoms with Gasteiger partial charge in [-0.05, 0) is 18.8 Å². The van der Waals surface area contributed by atoms with Crippen molar-refractivity contribution in [3.63, 3.8) is 0 Å². The molecule has 0 aliphatic heterocycles. The van der Waals surface area contributed by atoms with Crippen molar-refractivity contribution < 1.29 is 48.6 Å². The van der Waals surface area contributed by atoms with Crippen molar-refractivity contribution in [1.29, 1.82) is 0 Å². The second-order valence-corrected chi connectivity index (χ2v) is 9.39. The third-order valence-corrected chi connectivity index (χ3v) is 5.21. The Morgan fingerprint density at radius 2 is 1.11 bits per heavy atom. The van der Waals surface area contributed by atoms with Crippen molar-refractivity contribution >= 4 is 47.8 Å². The Morgan fingerprint density at radius 3 is 1.53 bits per heavy atom. The number of rotatable bonds is 16. The van der Waals surface area contributed by atoms with Gasteiger partial charge in [0.1, 0.15) is 30.5 Å². The fourth-order valence-corrected chi connectivity index (χ4v) is 3.19. The van der Waals surface area contributed by atoms with Gasteiger partial charge in [-0.2, -0.15) is 0 Å². The lowest BCUT2D eigenvalue weighted by Crippen LogP contribution is -2.60. The first-order chi connectivity index (χ1) is 17.5. The third-order valence-electron chi connectivity index (χ3n) is 5.21. The van der Waals surface area contributed by atoms with E-state index >= 15 is 0 Å². The molecule has 15 heteroatoms. The zero-order valence-corrected chi connectivity index (χ0v) is 22.2. The highest BCUT2D eigenvalue weighted by Crippen LogP contribution is 2.07. The van der Waals surface area contributed by atoms with Gasteiger partial charge in [0.2, 0.25) is 29.5 Å². The molecule has 0 bridgehead atoms. The molecule has 214 valence electrons. The first-order valence-corrected chi connectivity index (χ1v) is 11.9. The molecule has 0 aromatic rings. The molecule has 0 unspecified atom stereocenters. The highest BCUT2D eigenvalue weighted by Gasteiger charge is 2.33. The summed E-state index contributed by atoms with van der Waals surface area (Å²) in [6.07, 6.45) is -1.23. The summed E-state index contributed by atoms with van der Waals surface area (Å²) in [6, 6.07) is -6.43. The molecule has 0 heterocycles. The average Bonchev–Trinajstić information content (AvgIpc) is 2.78. The van der Waals surface area contributed by atoms with Gasteiger partial charge in [-0.3, -0.25) is 33.6 Å². The minimum absolute atomic E-state index is 0.240. The summed E-state index contributed by atoms with van der Waals surface area (Å²) in [5.41, 5.74) is 0. The second kappa shape index (κ2) is 15.9. The van der Waals surface area contributed by atoms with E-state index in [0.717, 1.165) is 0 Å². The SMILES string of the molecule is CC(=O)N[C@H](C(=O)N[C@H](CC(=O)O)C(=O)N[C@H](C(=O)N[C@H](C)C(=O)N[C@@H](C=O)CC(=O)O)C(C)C)C(C)C. The predicted octanol–water partition coefficient (Wildman–Crippen LogP) is -2.09. The standard InChI is InChI=1S/C23H37N5O10/c1-10(2)18(25-13(6)30)23(38)27-15(8-17(33)34)21(36)28-19(11(3)4)22(37)24-12(5)20(35)26-14(9-29)7-16(31)32/h9-12,14-15,18-19H,7-8H2,1-6H3,(H,24,37)(H,25,30)(H,26,35)(H,27,38)(H,28,36)(H,31,32)(H,33,34)/t12-,14-,15-,18+,19+/m1/s1. The molecule has 15 nitrogen and oxygen atoms in total. The van der Waals surface area contributed by atoms with Crippen molar-refractivity contribution in [2.75, 3.05) is 0 Å². The van der Waals surface area contributed by atoms with Crippen LogP contribution in [-0.4, -0.2) is 88.2 Å². The van der Waals surface area contributed by atoms with Gasteiger partial charge < -0.3 is 41.6 Å². The number of aliphatic carboxylic acids is 2. The number of hydrogen-bond donors (Lipinski definition) is 7. The maximum Gasteiger partial charge on any atom is 0.305 e. The van der Waals surface area contributed by atoms with E-state index in [0.29, 0.717) is 0 Å². The number of nitrogens with one attached hydrogen (secondary N) is 5. The van der Waals surface area contributed by atoms with Gasteiger partial charge in [-0.15, -0.1) is 0 Å². The molecule has 0 aliphatic carbocycles. The Balaban J connectivity index is 5.55.